The normalized spacial score (nSPS) is 11.0. The first kappa shape index (κ1) is 13.8. The molecule has 0 fully saturated rings. The van der Waals surface area contributed by atoms with Crippen LogP contribution in [-0.2, 0) is 13.6 Å². The fourth-order valence-electron chi connectivity index (χ4n) is 2.14. The van der Waals surface area contributed by atoms with Crippen LogP contribution in [0, 0.1) is 0 Å². The first-order valence-electron chi connectivity index (χ1n) is 6.52. The molecular weight excluding hydrogens is 334 g/mol. The largest absolute Gasteiger partial charge is 0.383 e. The van der Waals surface area contributed by atoms with Gasteiger partial charge in [-0.05, 0) is 18.2 Å². The van der Waals surface area contributed by atoms with E-state index < -0.39 is 0 Å². The molecule has 0 aliphatic carbocycles. The van der Waals surface area contributed by atoms with Gasteiger partial charge in [0.15, 0.2) is 5.65 Å². The van der Waals surface area contributed by atoms with Gasteiger partial charge in [-0.1, -0.05) is 22.0 Å². The number of aromatic nitrogens is 4. The van der Waals surface area contributed by atoms with Crippen LogP contribution in [0.4, 0.5) is 5.69 Å². The predicted molar refractivity (Wildman–Crippen MR) is 85.4 cm³/mol. The van der Waals surface area contributed by atoms with E-state index in [2.05, 4.69) is 31.3 Å². The molecule has 21 heavy (non-hydrogen) atoms. The molecule has 0 saturated heterocycles. The molecular formula is C14H14BrN5O. The maximum Gasteiger partial charge on any atom is 0.264 e. The van der Waals surface area contributed by atoms with Crippen LogP contribution in [0.5, 0.6) is 0 Å². The Morgan fingerprint density at radius 2 is 2.24 bits per heavy atom. The number of halogens is 1. The number of nitrogens with zero attached hydrogens (tertiary/aromatic N) is 4. The van der Waals surface area contributed by atoms with E-state index in [1.54, 1.807) is 28.8 Å². The van der Waals surface area contributed by atoms with Gasteiger partial charge in [-0.2, -0.15) is 5.10 Å². The van der Waals surface area contributed by atoms with Crippen molar-refractivity contribution in [3.05, 3.63) is 51.6 Å². The van der Waals surface area contributed by atoms with Gasteiger partial charge in [0.2, 0.25) is 0 Å². The minimum Gasteiger partial charge on any atom is -0.383 e. The molecule has 6 nitrogen and oxygen atoms in total. The standard InChI is InChI=1S/C14H14BrN5O/c1-19-13-12(8-18-19)14(21)20(9-17-13)6-5-16-11-4-2-3-10(15)7-11/h2-4,7-9,16H,5-6H2,1H3. The summed E-state index contributed by atoms with van der Waals surface area (Å²) >= 11 is 3.43. The fraction of sp³-hybridized carbons (Fsp3) is 0.214. The average molecular weight is 348 g/mol. The molecule has 0 bridgehead atoms. The fourth-order valence-corrected chi connectivity index (χ4v) is 2.54. The lowest BCUT2D eigenvalue weighted by atomic mass is 10.3. The maximum absolute atomic E-state index is 12.3. The van der Waals surface area contributed by atoms with E-state index in [0.29, 0.717) is 24.1 Å². The van der Waals surface area contributed by atoms with Gasteiger partial charge < -0.3 is 5.32 Å². The number of fused-ring (bicyclic) bond motifs is 1. The van der Waals surface area contributed by atoms with Crippen LogP contribution < -0.4 is 10.9 Å². The number of aryl methyl sites for hydroxylation is 1. The van der Waals surface area contributed by atoms with E-state index in [0.717, 1.165) is 10.2 Å². The third-order valence-electron chi connectivity index (χ3n) is 3.22. The first-order chi connectivity index (χ1) is 10.1. The van der Waals surface area contributed by atoms with Crippen LogP contribution in [0.2, 0.25) is 0 Å². The van der Waals surface area contributed by atoms with Gasteiger partial charge in [-0.15, -0.1) is 0 Å². The highest BCUT2D eigenvalue weighted by Crippen LogP contribution is 2.15. The Hall–Kier alpha value is -2.15. The van der Waals surface area contributed by atoms with Crippen molar-refractivity contribution >= 4 is 32.7 Å². The second kappa shape index (κ2) is 5.69. The van der Waals surface area contributed by atoms with Crippen LogP contribution in [-0.4, -0.2) is 25.9 Å². The molecule has 0 unspecified atom stereocenters. The lowest BCUT2D eigenvalue weighted by Crippen LogP contribution is -2.24. The van der Waals surface area contributed by atoms with Gasteiger partial charge >= 0.3 is 0 Å². The highest BCUT2D eigenvalue weighted by atomic mass is 79.9. The lowest BCUT2D eigenvalue weighted by molar-refractivity contribution is 0.686. The van der Waals surface area contributed by atoms with Gasteiger partial charge in [0, 0.05) is 30.3 Å². The Labute approximate surface area is 129 Å². The summed E-state index contributed by atoms with van der Waals surface area (Å²) in [7, 11) is 1.77. The molecule has 0 saturated carbocycles. The summed E-state index contributed by atoms with van der Waals surface area (Å²) in [6.07, 6.45) is 3.12. The second-order valence-corrected chi connectivity index (χ2v) is 5.60. The van der Waals surface area contributed by atoms with Crippen LogP contribution in [0.3, 0.4) is 0 Å². The highest BCUT2D eigenvalue weighted by Gasteiger charge is 2.07. The number of anilines is 1. The van der Waals surface area contributed by atoms with Gasteiger partial charge in [-0.3, -0.25) is 14.0 Å². The number of rotatable bonds is 4. The lowest BCUT2D eigenvalue weighted by Gasteiger charge is -2.08. The zero-order chi connectivity index (χ0) is 14.8. The monoisotopic (exact) mass is 347 g/mol. The van der Waals surface area contributed by atoms with Crippen molar-refractivity contribution in [3.63, 3.8) is 0 Å². The quantitative estimate of drug-likeness (QED) is 0.783. The molecule has 2 heterocycles. The smallest absolute Gasteiger partial charge is 0.264 e. The molecule has 3 rings (SSSR count). The van der Waals surface area contributed by atoms with Crippen LogP contribution in [0.1, 0.15) is 0 Å². The van der Waals surface area contributed by atoms with Crippen molar-refractivity contribution in [1.82, 2.24) is 19.3 Å². The number of hydrogen-bond acceptors (Lipinski definition) is 4. The Morgan fingerprint density at radius 1 is 1.38 bits per heavy atom. The average Bonchev–Trinajstić information content (AvgIpc) is 2.84. The third kappa shape index (κ3) is 2.82. The van der Waals surface area contributed by atoms with E-state index in [1.165, 1.54) is 0 Å². The van der Waals surface area contributed by atoms with Crippen molar-refractivity contribution in [3.8, 4) is 0 Å². The van der Waals surface area contributed by atoms with Crippen LogP contribution in [0.25, 0.3) is 11.0 Å². The van der Waals surface area contributed by atoms with Crippen molar-refractivity contribution in [1.29, 1.82) is 0 Å². The number of hydrogen-bond donors (Lipinski definition) is 1. The van der Waals surface area contributed by atoms with Crippen LogP contribution >= 0.6 is 15.9 Å². The van der Waals surface area contributed by atoms with Gasteiger partial charge in [-0.25, -0.2) is 4.98 Å². The van der Waals surface area contributed by atoms with Crippen molar-refractivity contribution < 1.29 is 0 Å². The predicted octanol–water partition coefficient (Wildman–Crippen LogP) is 2.00. The Balaban J connectivity index is 1.74. The molecule has 0 aliphatic rings. The molecule has 2 aromatic heterocycles. The number of benzene rings is 1. The van der Waals surface area contributed by atoms with Crippen molar-refractivity contribution in [2.45, 2.75) is 6.54 Å². The minimum absolute atomic E-state index is 0.0656. The van der Waals surface area contributed by atoms with Crippen molar-refractivity contribution in [2.24, 2.45) is 7.05 Å². The summed E-state index contributed by atoms with van der Waals surface area (Å²) in [6.45, 7) is 1.19. The Morgan fingerprint density at radius 3 is 3.05 bits per heavy atom. The molecule has 1 aromatic carbocycles. The molecule has 108 valence electrons. The van der Waals surface area contributed by atoms with Crippen LogP contribution in [0.15, 0.2) is 46.1 Å². The maximum atomic E-state index is 12.3. The minimum atomic E-state index is -0.0656. The van der Waals surface area contributed by atoms with E-state index >= 15 is 0 Å². The van der Waals surface area contributed by atoms with E-state index in [-0.39, 0.29) is 5.56 Å². The second-order valence-electron chi connectivity index (χ2n) is 4.69. The zero-order valence-electron chi connectivity index (χ0n) is 11.5. The molecule has 0 atom stereocenters. The van der Waals surface area contributed by atoms with E-state index in [4.69, 9.17) is 0 Å². The summed E-state index contributed by atoms with van der Waals surface area (Å²) in [5, 5.41) is 7.88. The zero-order valence-corrected chi connectivity index (χ0v) is 13.0. The first-order valence-corrected chi connectivity index (χ1v) is 7.31. The Kier molecular flexibility index (Phi) is 3.74. The molecule has 0 amide bonds. The topological polar surface area (TPSA) is 64.7 Å². The molecule has 7 heteroatoms. The Bertz CT molecular complexity index is 839. The molecule has 0 aliphatic heterocycles. The van der Waals surface area contributed by atoms with Gasteiger partial charge in [0.1, 0.15) is 11.7 Å². The summed E-state index contributed by atoms with van der Waals surface area (Å²) in [4.78, 5) is 16.5. The van der Waals surface area contributed by atoms with E-state index in [1.807, 2.05) is 24.3 Å². The third-order valence-corrected chi connectivity index (χ3v) is 3.72. The summed E-state index contributed by atoms with van der Waals surface area (Å²) in [6, 6.07) is 7.90. The summed E-state index contributed by atoms with van der Waals surface area (Å²) < 4.78 is 4.21. The van der Waals surface area contributed by atoms with Crippen molar-refractivity contribution in [2.75, 3.05) is 11.9 Å². The van der Waals surface area contributed by atoms with E-state index in [9.17, 15) is 4.79 Å². The highest BCUT2D eigenvalue weighted by molar-refractivity contribution is 9.10. The SMILES string of the molecule is Cn1ncc2c(=O)n(CCNc3cccc(Br)c3)cnc21. The molecule has 0 spiro atoms. The molecule has 3 aromatic rings. The summed E-state index contributed by atoms with van der Waals surface area (Å²) in [5.41, 5.74) is 1.55. The molecule has 0 radical (unpaired) electrons. The number of nitrogens with one attached hydrogen (secondary N) is 1. The summed E-state index contributed by atoms with van der Waals surface area (Å²) in [5.74, 6) is 0. The van der Waals surface area contributed by atoms with Gasteiger partial charge in [0.05, 0.1) is 6.20 Å². The molecule has 1 N–H and O–H groups in total. The van der Waals surface area contributed by atoms with Gasteiger partial charge in [0.25, 0.3) is 5.56 Å².